The van der Waals surface area contributed by atoms with Crippen molar-refractivity contribution in [2.45, 2.75) is 39.8 Å². The van der Waals surface area contributed by atoms with Crippen LogP contribution in [-0.4, -0.2) is 27.2 Å². The van der Waals surface area contributed by atoms with Crippen LogP contribution in [-0.2, 0) is 17.6 Å². The standard InChI is InChI=1S/C12H15F3N2O2/c1-6(11(18)19)4-9-7(2)16-10(17-8(9)3)5-12(13,14)15/h6H,4-5H2,1-3H3,(H,18,19). The highest BCUT2D eigenvalue weighted by Crippen LogP contribution is 2.21. The molecule has 1 N–H and O–H groups in total. The Hall–Kier alpha value is -1.66. The SMILES string of the molecule is Cc1nc(CC(F)(F)F)nc(C)c1CC(C)C(=O)O. The minimum atomic E-state index is -4.35. The highest BCUT2D eigenvalue weighted by atomic mass is 19.4. The molecule has 0 amide bonds. The summed E-state index contributed by atoms with van der Waals surface area (Å²) < 4.78 is 36.8. The van der Waals surface area contributed by atoms with Gasteiger partial charge >= 0.3 is 12.1 Å². The molecule has 0 bridgehead atoms. The van der Waals surface area contributed by atoms with Crippen LogP contribution in [0, 0.1) is 19.8 Å². The van der Waals surface area contributed by atoms with Crippen molar-refractivity contribution in [2.24, 2.45) is 5.92 Å². The Balaban J connectivity index is 3.01. The summed E-state index contributed by atoms with van der Waals surface area (Å²) in [5.74, 6) is -1.87. The minimum absolute atomic E-state index is 0.208. The number of aryl methyl sites for hydroxylation is 2. The van der Waals surface area contributed by atoms with E-state index in [0.29, 0.717) is 17.0 Å². The van der Waals surface area contributed by atoms with Gasteiger partial charge in [-0.25, -0.2) is 9.97 Å². The lowest BCUT2D eigenvalue weighted by molar-refractivity contribution is -0.141. The second-order valence-corrected chi connectivity index (χ2v) is 4.52. The molecule has 0 aliphatic carbocycles. The van der Waals surface area contributed by atoms with E-state index in [9.17, 15) is 18.0 Å². The van der Waals surface area contributed by atoms with Crippen LogP contribution in [0.25, 0.3) is 0 Å². The summed E-state index contributed by atoms with van der Waals surface area (Å²) in [6.45, 7) is 4.67. The summed E-state index contributed by atoms with van der Waals surface area (Å²) in [7, 11) is 0. The molecule has 0 fully saturated rings. The van der Waals surface area contributed by atoms with E-state index in [1.807, 2.05) is 0 Å². The topological polar surface area (TPSA) is 63.1 Å². The van der Waals surface area contributed by atoms with Crippen molar-refractivity contribution >= 4 is 5.97 Å². The number of rotatable bonds is 4. The lowest BCUT2D eigenvalue weighted by atomic mass is 9.99. The zero-order valence-electron chi connectivity index (χ0n) is 10.9. The van der Waals surface area contributed by atoms with Gasteiger partial charge in [0.1, 0.15) is 12.2 Å². The minimum Gasteiger partial charge on any atom is -0.481 e. The number of carboxylic acids is 1. The number of carbonyl (C=O) groups is 1. The maximum Gasteiger partial charge on any atom is 0.396 e. The number of halogens is 3. The fourth-order valence-corrected chi connectivity index (χ4v) is 1.76. The number of alkyl halides is 3. The third-order valence-electron chi connectivity index (χ3n) is 2.76. The van der Waals surface area contributed by atoms with Gasteiger partial charge in [-0.3, -0.25) is 4.79 Å². The number of nitrogens with zero attached hydrogens (tertiary/aromatic N) is 2. The molecule has 0 saturated carbocycles. The highest BCUT2D eigenvalue weighted by molar-refractivity contribution is 5.70. The number of carboxylic acid groups (broad SMARTS) is 1. The molecule has 0 aromatic carbocycles. The van der Waals surface area contributed by atoms with Crippen LogP contribution in [0.1, 0.15) is 29.7 Å². The van der Waals surface area contributed by atoms with Crippen LogP contribution in [0.4, 0.5) is 13.2 Å². The Morgan fingerprint density at radius 2 is 1.74 bits per heavy atom. The van der Waals surface area contributed by atoms with E-state index >= 15 is 0 Å². The Morgan fingerprint density at radius 1 is 1.26 bits per heavy atom. The maximum absolute atomic E-state index is 12.3. The van der Waals surface area contributed by atoms with Gasteiger partial charge in [0.05, 0.1) is 5.92 Å². The Bertz CT molecular complexity index is 463. The summed E-state index contributed by atoms with van der Waals surface area (Å²) >= 11 is 0. The first-order valence-corrected chi connectivity index (χ1v) is 5.72. The Kier molecular flexibility index (Phi) is 4.49. The first-order valence-electron chi connectivity index (χ1n) is 5.72. The van der Waals surface area contributed by atoms with E-state index in [2.05, 4.69) is 9.97 Å². The van der Waals surface area contributed by atoms with Crippen molar-refractivity contribution in [3.8, 4) is 0 Å². The average Bonchev–Trinajstić information content (AvgIpc) is 2.20. The summed E-state index contributed by atoms with van der Waals surface area (Å²) in [6, 6.07) is 0. The van der Waals surface area contributed by atoms with Crippen LogP contribution in [0.2, 0.25) is 0 Å². The lowest BCUT2D eigenvalue weighted by Crippen LogP contribution is -2.18. The highest BCUT2D eigenvalue weighted by Gasteiger charge is 2.30. The van der Waals surface area contributed by atoms with E-state index in [1.165, 1.54) is 6.92 Å². The lowest BCUT2D eigenvalue weighted by Gasteiger charge is -2.13. The predicted octanol–water partition coefficient (Wildman–Crippen LogP) is 2.46. The fraction of sp³-hybridized carbons (Fsp3) is 0.583. The first-order chi connectivity index (χ1) is 8.60. The molecule has 1 aromatic heterocycles. The van der Waals surface area contributed by atoms with Gasteiger partial charge < -0.3 is 5.11 Å². The summed E-state index contributed by atoms with van der Waals surface area (Å²) in [5, 5.41) is 8.84. The number of hydrogen-bond acceptors (Lipinski definition) is 3. The van der Waals surface area contributed by atoms with Crippen LogP contribution in [0.3, 0.4) is 0 Å². The molecule has 0 saturated heterocycles. The zero-order chi connectivity index (χ0) is 14.8. The predicted molar refractivity (Wildman–Crippen MR) is 61.8 cm³/mol. The van der Waals surface area contributed by atoms with E-state index in [0.717, 1.165) is 0 Å². The van der Waals surface area contributed by atoms with E-state index in [-0.39, 0.29) is 12.2 Å². The summed E-state index contributed by atoms with van der Waals surface area (Å²) in [4.78, 5) is 18.4. The van der Waals surface area contributed by atoms with E-state index in [4.69, 9.17) is 5.11 Å². The zero-order valence-corrected chi connectivity index (χ0v) is 10.9. The van der Waals surface area contributed by atoms with Crippen LogP contribution in [0.15, 0.2) is 0 Å². The first kappa shape index (κ1) is 15.4. The molecule has 1 unspecified atom stereocenters. The Morgan fingerprint density at radius 3 is 2.11 bits per heavy atom. The van der Waals surface area contributed by atoms with Crippen molar-refractivity contribution in [3.63, 3.8) is 0 Å². The van der Waals surface area contributed by atoms with Gasteiger partial charge in [-0.15, -0.1) is 0 Å². The Labute approximate surface area is 108 Å². The number of hydrogen-bond donors (Lipinski definition) is 1. The third-order valence-corrected chi connectivity index (χ3v) is 2.76. The summed E-state index contributed by atoms with van der Waals surface area (Å²) in [5.41, 5.74) is 1.40. The van der Waals surface area contributed by atoms with Gasteiger partial charge in [-0.2, -0.15) is 13.2 Å². The van der Waals surface area contributed by atoms with Crippen molar-refractivity contribution in [1.29, 1.82) is 0 Å². The number of aromatic nitrogens is 2. The molecule has 0 spiro atoms. The average molecular weight is 276 g/mol. The van der Waals surface area contributed by atoms with Crippen molar-refractivity contribution in [3.05, 3.63) is 22.8 Å². The largest absolute Gasteiger partial charge is 0.481 e. The second-order valence-electron chi connectivity index (χ2n) is 4.52. The molecule has 4 nitrogen and oxygen atoms in total. The van der Waals surface area contributed by atoms with Crippen molar-refractivity contribution in [1.82, 2.24) is 9.97 Å². The molecule has 0 radical (unpaired) electrons. The van der Waals surface area contributed by atoms with Gasteiger partial charge in [-0.1, -0.05) is 6.92 Å². The van der Waals surface area contributed by atoms with Crippen LogP contribution < -0.4 is 0 Å². The van der Waals surface area contributed by atoms with Gasteiger partial charge in [-0.05, 0) is 25.8 Å². The number of aliphatic carboxylic acids is 1. The van der Waals surface area contributed by atoms with Crippen molar-refractivity contribution < 1.29 is 23.1 Å². The smallest absolute Gasteiger partial charge is 0.396 e. The van der Waals surface area contributed by atoms with E-state index in [1.54, 1.807) is 13.8 Å². The van der Waals surface area contributed by atoms with E-state index < -0.39 is 24.5 Å². The van der Waals surface area contributed by atoms with Gasteiger partial charge in [0.2, 0.25) is 0 Å². The quantitative estimate of drug-likeness (QED) is 0.917. The fourth-order valence-electron chi connectivity index (χ4n) is 1.76. The molecule has 0 aliphatic rings. The molecule has 19 heavy (non-hydrogen) atoms. The molecule has 1 rings (SSSR count). The molecule has 1 atom stereocenters. The van der Waals surface area contributed by atoms with Gasteiger partial charge in [0.15, 0.2) is 0 Å². The van der Waals surface area contributed by atoms with Crippen LogP contribution in [0.5, 0.6) is 0 Å². The monoisotopic (exact) mass is 276 g/mol. The second kappa shape index (κ2) is 5.54. The third kappa shape index (κ3) is 4.50. The maximum atomic E-state index is 12.3. The molecule has 1 heterocycles. The molecule has 106 valence electrons. The molecular weight excluding hydrogens is 261 g/mol. The molecule has 0 aliphatic heterocycles. The van der Waals surface area contributed by atoms with Crippen molar-refractivity contribution in [2.75, 3.05) is 0 Å². The van der Waals surface area contributed by atoms with Gasteiger partial charge in [0, 0.05) is 11.4 Å². The molecule has 1 aromatic rings. The molecule has 7 heteroatoms. The summed E-state index contributed by atoms with van der Waals surface area (Å²) in [6.07, 6.45) is -5.32. The normalized spacial score (nSPS) is 13.4. The molecular formula is C12H15F3N2O2. The van der Waals surface area contributed by atoms with Gasteiger partial charge in [0.25, 0.3) is 0 Å². The van der Waals surface area contributed by atoms with Crippen LogP contribution >= 0.6 is 0 Å².